The minimum absolute atomic E-state index is 0.296. The van der Waals surface area contributed by atoms with Crippen LogP contribution in [0.4, 0.5) is 5.82 Å². The summed E-state index contributed by atoms with van der Waals surface area (Å²) >= 11 is 0. The van der Waals surface area contributed by atoms with Crippen molar-refractivity contribution < 1.29 is 4.79 Å². The fraction of sp³-hybridized carbons (Fsp3) is 0.556. The van der Waals surface area contributed by atoms with Crippen molar-refractivity contribution in [2.45, 2.75) is 38.6 Å². The first-order valence-electron chi connectivity index (χ1n) is 9.03. The summed E-state index contributed by atoms with van der Waals surface area (Å²) in [7, 11) is 0. The number of rotatable bonds is 4. The molecule has 2 fully saturated rings. The molecule has 0 aliphatic carbocycles. The van der Waals surface area contributed by atoms with Gasteiger partial charge in [-0.25, -0.2) is 4.98 Å². The molecule has 0 radical (unpaired) electrons. The third-order valence-corrected chi connectivity index (χ3v) is 5.43. The molecule has 4 heterocycles. The van der Waals surface area contributed by atoms with E-state index in [4.69, 9.17) is 0 Å². The first-order valence-corrected chi connectivity index (χ1v) is 9.03. The van der Waals surface area contributed by atoms with Crippen LogP contribution in [0.15, 0.2) is 24.7 Å². The molecule has 1 N–H and O–H groups in total. The lowest BCUT2D eigenvalue weighted by molar-refractivity contribution is -0.139. The Morgan fingerprint density at radius 3 is 2.96 bits per heavy atom. The number of hydrogen-bond acceptors (Lipinski definition) is 5. The highest BCUT2D eigenvalue weighted by atomic mass is 16.2. The molecule has 1 amide bonds. The molecule has 2 saturated heterocycles. The SMILES string of the molecule is Cc1ccc(N2CC[C@@H]3[C@@H](CCC(=O)N3CCc3cnc[nH]3)C2)nn1. The predicted octanol–water partition coefficient (Wildman–Crippen LogP) is 1.57. The maximum atomic E-state index is 12.5. The van der Waals surface area contributed by atoms with Crippen LogP contribution in [-0.4, -0.2) is 56.6 Å². The van der Waals surface area contributed by atoms with Crippen molar-refractivity contribution in [1.29, 1.82) is 0 Å². The standard InChI is InChI=1S/C18H24N6O/c1-13-2-4-17(22-21-13)23-8-7-16-14(11-23)3-5-18(25)24(16)9-6-15-10-19-12-20-15/h2,4,10,12,14,16H,3,5-9,11H2,1H3,(H,19,20)/t14-,16+/m0/s1. The number of nitrogens with zero attached hydrogens (tertiary/aromatic N) is 5. The average Bonchev–Trinajstić information content (AvgIpc) is 3.15. The Morgan fingerprint density at radius 1 is 1.28 bits per heavy atom. The Hall–Kier alpha value is -2.44. The highest BCUT2D eigenvalue weighted by Crippen LogP contribution is 2.32. The lowest BCUT2D eigenvalue weighted by atomic mass is 9.83. The van der Waals surface area contributed by atoms with Crippen LogP contribution in [0.5, 0.6) is 0 Å². The molecule has 0 unspecified atom stereocenters. The molecule has 2 aliphatic heterocycles. The average molecular weight is 340 g/mol. The van der Waals surface area contributed by atoms with Gasteiger partial charge < -0.3 is 14.8 Å². The third-order valence-electron chi connectivity index (χ3n) is 5.43. The van der Waals surface area contributed by atoms with Crippen molar-refractivity contribution in [2.24, 2.45) is 5.92 Å². The molecule has 4 rings (SSSR count). The molecular formula is C18H24N6O. The van der Waals surface area contributed by atoms with E-state index in [1.807, 2.05) is 25.3 Å². The Kier molecular flexibility index (Phi) is 4.38. The first-order chi connectivity index (χ1) is 12.2. The number of piperidine rings is 2. The van der Waals surface area contributed by atoms with Crippen LogP contribution < -0.4 is 4.90 Å². The van der Waals surface area contributed by atoms with Gasteiger partial charge in [-0.3, -0.25) is 4.79 Å². The number of hydrogen-bond donors (Lipinski definition) is 1. The molecule has 2 aliphatic rings. The van der Waals surface area contributed by atoms with Gasteiger partial charge >= 0.3 is 0 Å². The molecular weight excluding hydrogens is 316 g/mol. The van der Waals surface area contributed by atoms with Crippen LogP contribution in [0.1, 0.15) is 30.7 Å². The third kappa shape index (κ3) is 3.36. The van der Waals surface area contributed by atoms with Gasteiger partial charge in [-0.15, -0.1) is 5.10 Å². The van der Waals surface area contributed by atoms with Crippen LogP contribution >= 0.6 is 0 Å². The zero-order valence-electron chi connectivity index (χ0n) is 14.6. The van der Waals surface area contributed by atoms with E-state index in [1.165, 1.54) is 0 Å². The van der Waals surface area contributed by atoms with E-state index in [0.29, 0.717) is 24.3 Å². The summed E-state index contributed by atoms with van der Waals surface area (Å²) in [5, 5.41) is 8.51. The smallest absolute Gasteiger partial charge is 0.222 e. The summed E-state index contributed by atoms with van der Waals surface area (Å²) in [6.45, 7) is 4.60. The highest BCUT2D eigenvalue weighted by molar-refractivity contribution is 5.77. The molecule has 0 aromatic carbocycles. The predicted molar refractivity (Wildman–Crippen MR) is 94.1 cm³/mol. The lowest BCUT2D eigenvalue weighted by Gasteiger charge is -2.47. The van der Waals surface area contributed by atoms with Crippen LogP contribution in [0, 0.1) is 12.8 Å². The maximum absolute atomic E-state index is 12.5. The molecule has 2 aromatic rings. The van der Waals surface area contributed by atoms with Gasteiger partial charge in [0.1, 0.15) is 0 Å². The van der Waals surface area contributed by atoms with Crippen LogP contribution in [0.2, 0.25) is 0 Å². The summed E-state index contributed by atoms with van der Waals surface area (Å²) in [5.41, 5.74) is 2.02. The lowest BCUT2D eigenvalue weighted by Crippen LogP contribution is -2.56. The number of imidazole rings is 1. The maximum Gasteiger partial charge on any atom is 0.222 e. The summed E-state index contributed by atoms with van der Waals surface area (Å²) in [4.78, 5) is 24.1. The monoisotopic (exact) mass is 340 g/mol. The topological polar surface area (TPSA) is 78.0 Å². The van der Waals surface area contributed by atoms with E-state index in [9.17, 15) is 4.79 Å². The van der Waals surface area contributed by atoms with Gasteiger partial charge in [0.25, 0.3) is 0 Å². The van der Waals surface area contributed by atoms with Gasteiger partial charge in [-0.2, -0.15) is 5.10 Å². The number of likely N-dealkylation sites (tertiary alicyclic amines) is 1. The second-order valence-corrected chi connectivity index (χ2v) is 7.05. The molecule has 25 heavy (non-hydrogen) atoms. The number of aromatic amines is 1. The molecule has 0 saturated carbocycles. The van der Waals surface area contributed by atoms with Gasteiger partial charge in [0.2, 0.25) is 5.91 Å². The summed E-state index contributed by atoms with van der Waals surface area (Å²) in [5.74, 6) is 1.76. The fourth-order valence-electron chi connectivity index (χ4n) is 4.07. The number of fused-ring (bicyclic) bond motifs is 1. The number of anilines is 1. The van der Waals surface area contributed by atoms with Crippen molar-refractivity contribution in [2.75, 3.05) is 24.5 Å². The van der Waals surface area contributed by atoms with Crippen molar-refractivity contribution >= 4 is 11.7 Å². The second kappa shape index (κ2) is 6.82. The zero-order valence-corrected chi connectivity index (χ0v) is 14.6. The van der Waals surface area contributed by atoms with E-state index in [0.717, 1.165) is 56.1 Å². The van der Waals surface area contributed by atoms with Crippen molar-refractivity contribution in [3.05, 3.63) is 36.0 Å². The minimum atomic E-state index is 0.296. The van der Waals surface area contributed by atoms with E-state index < -0.39 is 0 Å². The molecule has 132 valence electrons. The summed E-state index contributed by atoms with van der Waals surface area (Å²) in [6, 6.07) is 4.40. The van der Waals surface area contributed by atoms with Crippen molar-refractivity contribution in [3.8, 4) is 0 Å². The Morgan fingerprint density at radius 2 is 2.20 bits per heavy atom. The first kappa shape index (κ1) is 16.1. The van der Waals surface area contributed by atoms with Crippen LogP contribution in [-0.2, 0) is 11.2 Å². The van der Waals surface area contributed by atoms with E-state index in [1.54, 1.807) is 6.33 Å². The fourth-order valence-corrected chi connectivity index (χ4v) is 4.07. The second-order valence-electron chi connectivity index (χ2n) is 7.05. The van der Waals surface area contributed by atoms with Gasteiger partial charge in [-0.05, 0) is 37.8 Å². The number of amides is 1. The molecule has 7 nitrogen and oxygen atoms in total. The molecule has 0 spiro atoms. The van der Waals surface area contributed by atoms with Crippen molar-refractivity contribution in [3.63, 3.8) is 0 Å². The summed E-state index contributed by atoms with van der Waals surface area (Å²) in [6.07, 6.45) is 6.98. The van der Waals surface area contributed by atoms with E-state index >= 15 is 0 Å². The van der Waals surface area contributed by atoms with Crippen LogP contribution in [0.25, 0.3) is 0 Å². The quantitative estimate of drug-likeness (QED) is 0.914. The number of nitrogens with one attached hydrogen (secondary N) is 1. The minimum Gasteiger partial charge on any atom is -0.355 e. The van der Waals surface area contributed by atoms with Gasteiger partial charge in [0.05, 0.1) is 12.0 Å². The van der Waals surface area contributed by atoms with Crippen molar-refractivity contribution in [1.82, 2.24) is 25.1 Å². The Balaban J connectivity index is 1.43. The summed E-state index contributed by atoms with van der Waals surface area (Å²) < 4.78 is 0. The molecule has 7 heteroatoms. The number of H-pyrrole nitrogens is 1. The number of aryl methyl sites for hydroxylation is 1. The van der Waals surface area contributed by atoms with E-state index in [-0.39, 0.29) is 0 Å². The normalized spacial score (nSPS) is 23.6. The number of carbonyl (C=O) groups is 1. The molecule has 0 bridgehead atoms. The highest BCUT2D eigenvalue weighted by Gasteiger charge is 2.39. The van der Waals surface area contributed by atoms with Gasteiger partial charge in [0, 0.05) is 50.4 Å². The zero-order chi connectivity index (χ0) is 17.2. The largest absolute Gasteiger partial charge is 0.355 e. The molecule has 2 atom stereocenters. The van der Waals surface area contributed by atoms with Gasteiger partial charge in [0.15, 0.2) is 5.82 Å². The van der Waals surface area contributed by atoms with E-state index in [2.05, 4.69) is 30.0 Å². The Labute approximate surface area is 147 Å². The molecule has 2 aromatic heterocycles. The number of aromatic nitrogens is 4. The van der Waals surface area contributed by atoms with Crippen LogP contribution in [0.3, 0.4) is 0 Å². The number of carbonyl (C=O) groups excluding carboxylic acids is 1. The van der Waals surface area contributed by atoms with Gasteiger partial charge in [-0.1, -0.05) is 0 Å². The Bertz CT molecular complexity index is 714.